The Morgan fingerprint density at radius 2 is 0.455 bits per heavy atom. The molecule has 0 amide bonds. The SMILES string of the molecule is Nc1ccc(C(F)(F)F)c(-c2cc(N)ccc2C(F)(F)F)c1.Nc1ccc(C(F)(F)F)c(-c2cc(N)ccc2C(F)(F)F)c1. The minimum Gasteiger partial charge on any atom is -0.399 e. The molecule has 0 radical (unpaired) electrons. The fraction of sp³-hybridized carbons (Fsp3) is 0.143. The van der Waals surface area contributed by atoms with Crippen molar-refractivity contribution < 1.29 is 52.7 Å². The molecule has 4 aromatic carbocycles. The van der Waals surface area contributed by atoms with Crippen molar-refractivity contribution >= 4 is 22.7 Å². The molecular weight excluding hydrogens is 620 g/mol. The van der Waals surface area contributed by atoms with Gasteiger partial charge in [0.25, 0.3) is 0 Å². The molecular formula is C28H20F12N4. The maximum absolute atomic E-state index is 13.0. The van der Waals surface area contributed by atoms with Crippen LogP contribution in [0, 0.1) is 0 Å². The van der Waals surface area contributed by atoms with Gasteiger partial charge in [0.15, 0.2) is 0 Å². The van der Waals surface area contributed by atoms with Gasteiger partial charge in [-0.05, 0) is 95.1 Å². The number of nitrogen functional groups attached to an aromatic ring is 4. The summed E-state index contributed by atoms with van der Waals surface area (Å²) in [6, 6.07) is 9.92. The first-order valence-corrected chi connectivity index (χ1v) is 11.9. The molecule has 0 heterocycles. The van der Waals surface area contributed by atoms with E-state index in [-0.39, 0.29) is 22.7 Å². The molecule has 0 aliphatic heterocycles. The first kappa shape index (κ1) is 33.7. The Labute approximate surface area is 240 Å². The molecule has 0 bridgehead atoms. The van der Waals surface area contributed by atoms with Crippen molar-refractivity contribution in [1.82, 2.24) is 0 Å². The van der Waals surface area contributed by atoms with Crippen LogP contribution in [0.5, 0.6) is 0 Å². The number of halogens is 12. The van der Waals surface area contributed by atoms with E-state index in [0.717, 1.165) is 48.5 Å². The van der Waals surface area contributed by atoms with Crippen LogP contribution in [0.15, 0.2) is 72.8 Å². The van der Waals surface area contributed by atoms with E-state index in [9.17, 15) is 52.7 Å². The standard InChI is InChI=1S/2C14H10F6N2/c2*15-13(16,17)11-3-1-7(21)5-9(11)10-6-8(22)2-4-12(10)14(18,19)20/h2*1-6H,21-22H2. The maximum atomic E-state index is 13.0. The van der Waals surface area contributed by atoms with Gasteiger partial charge in [0.1, 0.15) is 0 Å². The van der Waals surface area contributed by atoms with Crippen molar-refractivity contribution in [3.8, 4) is 22.3 Å². The van der Waals surface area contributed by atoms with Gasteiger partial charge in [0.2, 0.25) is 0 Å². The third kappa shape index (κ3) is 7.79. The van der Waals surface area contributed by atoms with Crippen LogP contribution >= 0.6 is 0 Å². The molecule has 236 valence electrons. The topological polar surface area (TPSA) is 104 Å². The number of rotatable bonds is 2. The Balaban J connectivity index is 0.000000240. The van der Waals surface area contributed by atoms with E-state index in [1.807, 2.05) is 0 Å². The highest BCUT2D eigenvalue weighted by Gasteiger charge is 2.40. The highest BCUT2D eigenvalue weighted by Crippen LogP contribution is 2.45. The Hall–Kier alpha value is -4.76. The monoisotopic (exact) mass is 640 g/mol. The molecule has 0 fully saturated rings. The molecule has 0 aliphatic rings. The van der Waals surface area contributed by atoms with E-state index in [0.29, 0.717) is 24.3 Å². The normalized spacial score (nSPS) is 12.5. The Morgan fingerprint density at radius 1 is 0.295 bits per heavy atom. The molecule has 0 saturated heterocycles. The predicted octanol–water partition coefficient (Wildman–Crippen LogP) is 9.11. The van der Waals surface area contributed by atoms with Gasteiger partial charge in [-0.3, -0.25) is 0 Å². The summed E-state index contributed by atoms with van der Waals surface area (Å²) in [4.78, 5) is 0. The summed E-state index contributed by atoms with van der Waals surface area (Å²) in [7, 11) is 0. The second-order valence-corrected chi connectivity index (χ2v) is 9.21. The number of nitrogens with two attached hydrogens (primary N) is 4. The number of benzene rings is 4. The van der Waals surface area contributed by atoms with Crippen LogP contribution in [0.25, 0.3) is 22.3 Å². The lowest BCUT2D eigenvalue weighted by atomic mass is 9.93. The molecule has 0 aromatic heterocycles. The van der Waals surface area contributed by atoms with Gasteiger partial charge >= 0.3 is 24.7 Å². The van der Waals surface area contributed by atoms with Crippen molar-refractivity contribution in [3.05, 3.63) is 95.1 Å². The van der Waals surface area contributed by atoms with E-state index in [1.54, 1.807) is 0 Å². The number of anilines is 4. The average Bonchev–Trinajstić information content (AvgIpc) is 2.86. The second kappa shape index (κ2) is 11.7. The van der Waals surface area contributed by atoms with Crippen LogP contribution in [-0.4, -0.2) is 0 Å². The van der Waals surface area contributed by atoms with Crippen LogP contribution in [0.4, 0.5) is 75.4 Å². The molecule has 0 atom stereocenters. The van der Waals surface area contributed by atoms with Crippen molar-refractivity contribution in [1.29, 1.82) is 0 Å². The summed E-state index contributed by atoms with van der Waals surface area (Å²) in [5.41, 5.74) is 13.9. The van der Waals surface area contributed by atoms with Crippen molar-refractivity contribution in [2.75, 3.05) is 22.9 Å². The smallest absolute Gasteiger partial charge is 0.399 e. The van der Waals surface area contributed by atoms with Gasteiger partial charge in [0, 0.05) is 22.7 Å². The minimum atomic E-state index is -4.82. The van der Waals surface area contributed by atoms with Crippen LogP contribution in [-0.2, 0) is 24.7 Å². The van der Waals surface area contributed by atoms with E-state index in [2.05, 4.69) is 0 Å². The van der Waals surface area contributed by atoms with Gasteiger partial charge in [-0.1, -0.05) is 0 Å². The summed E-state index contributed by atoms with van der Waals surface area (Å²) >= 11 is 0. The molecule has 0 saturated carbocycles. The Bertz CT molecular complexity index is 1410. The molecule has 44 heavy (non-hydrogen) atoms. The molecule has 4 nitrogen and oxygen atoms in total. The third-order valence-electron chi connectivity index (χ3n) is 5.98. The predicted molar refractivity (Wildman–Crippen MR) is 141 cm³/mol. The molecule has 16 heteroatoms. The van der Waals surface area contributed by atoms with Crippen molar-refractivity contribution in [2.24, 2.45) is 0 Å². The van der Waals surface area contributed by atoms with Gasteiger partial charge < -0.3 is 22.9 Å². The summed E-state index contributed by atoms with van der Waals surface area (Å²) in [6.07, 6.45) is -19.3. The van der Waals surface area contributed by atoms with E-state index < -0.39 is 69.2 Å². The lowest BCUT2D eigenvalue weighted by Crippen LogP contribution is -2.12. The highest BCUT2D eigenvalue weighted by atomic mass is 19.4. The zero-order valence-electron chi connectivity index (χ0n) is 21.8. The summed E-state index contributed by atoms with van der Waals surface area (Å²) in [5.74, 6) is 0. The summed E-state index contributed by atoms with van der Waals surface area (Å²) < 4.78 is 156. The van der Waals surface area contributed by atoms with Gasteiger partial charge in [-0.2, -0.15) is 52.7 Å². The molecule has 0 spiro atoms. The van der Waals surface area contributed by atoms with E-state index in [1.165, 1.54) is 0 Å². The molecule has 0 unspecified atom stereocenters. The van der Waals surface area contributed by atoms with E-state index in [4.69, 9.17) is 22.9 Å². The summed E-state index contributed by atoms with van der Waals surface area (Å²) in [5, 5.41) is 0. The molecule has 8 N–H and O–H groups in total. The Morgan fingerprint density at radius 3 is 0.591 bits per heavy atom. The van der Waals surface area contributed by atoms with Crippen LogP contribution in [0.3, 0.4) is 0 Å². The first-order valence-electron chi connectivity index (χ1n) is 11.9. The lowest BCUT2D eigenvalue weighted by Gasteiger charge is -2.18. The highest BCUT2D eigenvalue weighted by molar-refractivity contribution is 5.78. The second-order valence-electron chi connectivity index (χ2n) is 9.21. The lowest BCUT2D eigenvalue weighted by molar-refractivity contribution is -0.139. The fourth-order valence-electron chi connectivity index (χ4n) is 4.13. The maximum Gasteiger partial charge on any atom is 0.417 e. The minimum absolute atomic E-state index is 0.0847. The number of alkyl halides is 12. The zero-order valence-corrected chi connectivity index (χ0v) is 21.8. The van der Waals surface area contributed by atoms with Crippen molar-refractivity contribution in [3.63, 3.8) is 0 Å². The average molecular weight is 640 g/mol. The Kier molecular flexibility index (Phi) is 8.99. The quantitative estimate of drug-likeness (QED) is 0.130. The van der Waals surface area contributed by atoms with Gasteiger partial charge in [0.05, 0.1) is 22.3 Å². The van der Waals surface area contributed by atoms with Gasteiger partial charge in [-0.25, -0.2) is 0 Å². The summed E-state index contributed by atoms with van der Waals surface area (Å²) in [6.45, 7) is 0. The van der Waals surface area contributed by atoms with Crippen LogP contribution in [0.2, 0.25) is 0 Å². The fourth-order valence-corrected chi connectivity index (χ4v) is 4.13. The van der Waals surface area contributed by atoms with Gasteiger partial charge in [-0.15, -0.1) is 0 Å². The molecule has 0 aliphatic carbocycles. The number of hydrogen-bond acceptors (Lipinski definition) is 4. The number of hydrogen-bond donors (Lipinski definition) is 4. The molecule has 4 aromatic rings. The van der Waals surface area contributed by atoms with Crippen LogP contribution in [0.1, 0.15) is 22.3 Å². The first-order chi connectivity index (χ1) is 20.0. The molecule has 4 rings (SSSR count). The largest absolute Gasteiger partial charge is 0.417 e. The van der Waals surface area contributed by atoms with E-state index >= 15 is 0 Å². The van der Waals surface area contributed by atoms with Crippen LogP contribution < -0.4 is 22.9 Å². The third-order valence-corrected chi connectivity index (χ3v) is 5.98. The van der Waals surface area contributed by atoms with Crippen molar-refractivity contribution in [2.45, 2.75) is 24.7 Å². The zero-order chi connectivity index (χ0) is 33.4.